The third kappa shape index (κ3) is 2.18. The fraction of sp³-hybridized carbons (Fsp3) is 0.250. The summed E-state index contributed by atoms with van der Waals surface area (Å²) in [5.74, 6) is 1.47. The van der Waals surface area contributed by atoms with Crippen LogP contribution in [-0.2, 0) is 0 Å². The Labute approximate surface area is 88.7 Å². The molecule has 2 rings (SSSR count). The molecule has 0 spiro atoms. The highest BCUT2D eigenvalue weighted by Crippen LogP contribution is 2.23. The van der Waals surface area contributed by atoms with E-state index >= 15 is 0 Å². The second-order valence-corrected chi connectivity index (χ2v) is 3.25. The van der Waals surface area contributed by atoms with Crippen LogP contribution in [0.3, 0.4) is 0 Å². The smallest absolute Gasteiger partial charge is 0.226 e. The molecular weight excluding hydrogens is 190 g/mol. The van der Waals surface area contributed by atoms with Gasteiger partial charge >= 0.3 is 0 Å². The molecule has 0 amide bonds. The second-order valence-electron chi connectivity index (χ2n) is 3.25. The summed E-state index contributed by atoms with van der Waals surface area (Å²) in [4.78, 5) is 4.26. The summed E-state index contributed by atoms with van der Waals surface area (Å²) < 4.78 is 10.7. The van der Waals surface area contributed by atoms with Gasteiger partial charge in [-0.15, -0.1) is 0 Å². The van der Waals surface area contributed by atoms with Crippen LogP contribution in [0.1, 0.15) is 12.6 Å². The average Bonchev–Trinajstić information content (AvgIpc) is 2.66. The van der Waals surface area contributed by atoms with Crippen LogP contribution < -0.4 is 4.74 Å². The van der Waals surface area contributed by atoms with E-state index in [1.807, 2.05) is 38.1 Å². The van der Waals surface area contributed by atoms with Gasteiger partial charge in [-0.1, -0.05) is 6.07 Å². The Bertz CT molecular complexity index is 448. The monoisotopic (exact) mass is 203 g/mol. The van der Waals surface area contributed by atoms with Crippen molar-refractivity contribution in [2.24, 2.45) is 0 Å². The van der Waals surface area contributed by atoms with Crippen LogP contribution in [0.5, 0.6) is 5.75 Å². The molecule has 0 fully saturated rings. The zero-order valence-corrected chi connectivity index (χ0v) is 8.86. The number of nitrogens with zero attached hydrogens (tertiary/aromatic N) is 1. The number of aromatic nitrogens is 1. The van der Waals surface area contributed by atoms with Crippen LogP contribution in [0, 0.1) is 6.92 Å². The van der Waals surface area contributed by atoms with Crippen molar-refractivity contribution in [1.29, 1.82) is 0 Å². The maximum atomic E-state index is 5.41. The Kier molecular flexibility index (Phi) is 2.72. The van der Waals surface area contributed by atoms with E-state index in [9.17, 15) is 0 Å². The lowest BCUT2D eigenvalue weighted by Gasteiger charge is -2.03. The van der Waals surface area contributed by atoms with Crippen molar-refractivity contribution in [3.63, 3.8) is 0 Å². The average molecular weight is 203 g/mol. The maximum Gasteiger partial charge on any atom is 0.226 e. The lowest BCUT2D eigenvalue weighted by molar-refractivity contribution is 0.340. The third-order valence-corrected chi connectivity index (χ3v) is 2.01. The Morgan fingerprint density at radius 3 is 2.93 bits per heavy atom. The first-order valence-corrected chi connectivity index (χ1v) is 4.95. The van der Waals surface area contributed by atoms with E-state index in [1.54, 1.807) is 6.26 Å². The molecule has 1 aromatic carbocycles. The summed E-state index contributed by atoms with van der Waals surface area (Å²) in [7, 11) is 0. The van der Waals surface area contributed by atoms with Crippen LogP contribution in [0.4, 0.5) is 0 Å². The molecule has 0 saturated heterocycles. The van der Waals surface area contributed by atoms with Gasteiger partial charge in [0.05, 0.1) is 12.3 Å². The van der Waals surface area contributed by atoms with Crippen molar-refractivity contribution in [3.8, 4) is 17.2 Å². The van der Waals surface area contributed by atoms with Gasteiger partial charge in [-0.3, -0.25) is 0 Å². The molecule has 0 aliphatic heterocycles. The van der Waals surface area contributed by atoms with Crippen molar-refractivity contribution in [2.75, 3.05) is 6.61 Å². The molecule has 1 aromatic heterocycles. The van der Waals surface area contributed by atoms with E-state index < -0.39 is 0 Å². The van der Waals surface area contributed by atoms with Crippen molar-refractivity contribution >= 4 is 0 Å². The SMILES string of the molecule is CCOc1cccc(-c2nc(C)co2)c1. The van der Waals surface area contributed by atoms with Crippen molar-refractivity contribution in [1.82, 2.24) is 4.98 Å². The first kappa shape index (κ1) is 9.77. The van der Waals surface area contributed by atoms with E-state index in [0.717, 1.165) is 17.0 Å². The predicted octanol–water partition coefficient (Wildman–Crippen LogP) is 3.05. The Morgan fingerprint density at radius 2 is 2.27 bits per heavy atom. The van der Waals surface area contributed by atoms with Gasteiger partial charge in [-0.25, -0.2) is 4.98 Å². The summed E-state index contributed by atoms with van der Waals surface area (Å²) in [5, 5.41) is 0. The number of rotatable bonds is 3. The van der Waals surface area contributed by atoms with E-state index in [1.165, 1.54) is 0 Å². The molecular formula is C12H13NO2. The van der Waals surface area contributed by atoms with Crippen molar-refractivity contribution in [3.05, 3.63) is 36.2 Å². The number of hydrogen-bond donors (Lipinski definition) is 0. The van der Waals surface area contributed by atoms with Gasteiger partial charge < -0.3 is 9.15 Å². The van der Waals surface area contributed by atoms with Gasteiger partial charge in [0.1, 0.15) is 12.0 Å². The fourth-order valence-electron chi connectivity index (χ4n) is 1.37. The summed E-state index contributed by atoms with van der Waals surface area (Å²) in [6, 6.07) is 7.73. The van der Waals surface area contributed by atoms with E-state index in [-0.39, 0.29) is 0 Å². The molecule has 2 aromatic rings. The number of ether oxygens (including phenoxy) is 1. The van der Waals surface area contributed by atoms with E-state index in [0.29, 0.717) is 12.5 Å². The highest BCUT2D eigenvalue weighted by atomic mass is 16.5. The molecule has 0 radical (unpaired) electrons. The minimum absolute atomic E-state index is 0.633. The molecule has 0 bridgehead atoms. The number of benzene rings is 1. The second kappa shape index (κ2) is 4.17. The van der Waals surface area contributed by atoms with E-state index in [4.69, 9.17) is 9.15 Å². The minimum Gasteiger partial charge on any atom is -0.494 e. The normalized spacial score (nSPS) is 10.3. The largest absolute Gasteiger partial charge is 0.494 e. The van der Waals surface area contributed by atoms with Gasteiger partial charge in [0.15, 0.2) is 0 Å². The van der Waals surface area contributed by atoms with Crippen LogP contribution >= 0.6 is 0 Å². The third-order valence-electron chi connectivity index (χ3n) is 2.01. The summed E-state index contributed by atoms with van der Waals surface area (Å²) in [6.45, 7) is 4.52. The first-order chi connectivity index (χ1) is 7.29. The molecule has 1 heterocycles. The van der Waals surface area contributed by atoms with Gasteiger partial charge in [-0.2, -0.15) is 0 Å². The highest BCUT2D eigenvalue weighted by molar-refractivity contribution is 5.55. The Morgan fingerprint density at radius 1 is 1.40 bits per heavy atom. The Balaban J connectivity index is 2.32. The molecule has 15 heavy (non-hydrogen) atoms. The van der Waals surface area contributed by atoms with Crippen molar-refractivity contribution in [2.45, 2.75) is 13.8 Å². The summed E-state index contributed by atoms with van der Waals surface area (Å²) >= 11 is 0. The van der Waals surface area contributed by atoms with Crippen molar-refractivity contribution < 1.29 is 9.15 Å². The number of hydrogen-bond acceptors (Lipinski definition) is 3. The lowest BCUT2D eigenvalue weighted by atomic mass is 10.2. The standard InChI is InChI=1S/C12H13NO2/c1-3-14-11-6-4-5-10(7-11)12-13-9(2)8-15-12/h4-8H,3H2,1-2H3. The summed E-state index contributed by atoms with van der Waals surface area (Å²) in [5.41, 5.74) is 1.82. The molecule has 0 aliphatic rings. The topological polar surface area (TPSA) is 35.3 Å². The molecule has 0 N–H and O–H groups in total. The number of aryl methyl sites for hydroxylation is 1. The Hall–Kier alpha value is -1.77. The lowest BCUT2D eigenvalue weighted by Crippen LogP contribution is -1.91. The van der Waals surface area contributed by atoms with Crippen LogP contribution in [0.15, 0.2) is 34.9 Å². The van der Waals surface area contributed by atoms with Gasteiger partial charge in [0.2, 0.25) is 5.89 Å². The van der Waals surface area contributed by atoms with Gasteiger partial charge in [0, 0.05) is 5.56 Å². The summed E-state index contributed by atoms with van der Waals surface area (Å²) in [6.07, 6.45) is 1.64. The van der Waals surface area contributed by atoms with Gasteiger partial charge in [0.25, 0.3) is 0 Å². The highest BCUT2D eigenvalue weighted by Gasteiger charge is 2.05. The molecule has 3 nitrogen and oxygen atoms in total. The molecule has 0 saturated carbocycles. The van der Waals surface area contributed by atoms with E-state index in [2.05, 4.69) is 4.98 Å². The van der Waals surface area contributed by atoms with Crippen LogP contribution in [-0.4, -0.2) is 11.6 Å². The maximum absolute atomic E-state index is 5.41. The molecule has 0 unspecified atom stereocenters. The quantitative estimate of drug-likeness (QED) is 0.769. The molecule has 0 aliphatic carbocycles. The van der Waals surface area contributed by atoms with Gasteiger partial charge in [-0.05, 0) is 32.0 Å². The molecule has 0 atom stereocenters. The zero-order chi connectivity index (χ0) is 10.7. The minimum atomic E-state index is 0.633. The zero-order valence-electron chi connectivity index (χ0n) is 8.86. The molecule has 3 heteroatoms. The van der Waals surface area contributed by atoms with Crippen LogP contribution in [0.2, 0.25) is 0 Å². The predicted molar refractivity (Wildman–Crippen MR) is 57.8 cm³/mol. The fourth-order valence-corrected chi connectivity index (χ4v) is 1.37. The van der Waals surface area contributed by atoms with Crippen LogP contribution in [0.25, 0.3) is 11.5 Å². The molecule has 78 valence electrons. The number of oxazole rings is 1. The first-order valence-electron chi connectivity index (χ1n) is 4.95.